The number of hydrogen-bond donors (Lipinski definition) is 4. The maximum atomic E-state index is 12.6. The van der Waals surface area contributed by atoms with Crippen LogP contribution in [0, 0.1) is 0 Å². The first-order valence-corrected chi connectivity index (χ1v) is 10.9. The van der Waals surface area contributed by atoms with Crippen molar-refractivity contribution in [2.24, 2.45) is 0 Å². The molecule has 1 fully saturated rings. The van der Waals surface area contributed by atoms with Gasteiger partial charge in [-0.15, -0.1) is 11.3 Å². The molecule has 1 aliphatic rings. The zero-order chi connectivity index (χ0) is 20.8. The number of benzene rings is 1. The molecule has 5 N–H and O–H groups in total. The van der Waals surface area contributed by atoms with Crippen molar-refractivity contribution in [1.82, 2.24) is 14.3 Å². The number of thiophene rings is 1. The number of nitrogens with one attached hydrogen (secondary N) is 1. The van der Waals surface area contributed by atoms with Crippen LogP contribution in [0.25, 0.3) is 10.1 Å². The maximum Gasteiger partial charge on any atom is 0.351 e. The summed E-state index contributed by atoms with van der Waals surface area (Å²) in [5, 5.41) is 21.3. The lowest BCUT2D eigenvalue weighted by molar-refractivity contribution is -0.0379. The summed E-state index contributed by atoms with van der Waals surface area (Å²) < 4.78 is 35.1. The minimum atomic E-state index is -3.85. The van der Waals surface area contributed by atoms with Gasteiger partial charge in [-0.2, -0.15) is 4.98 Å². The molecule has 0 spiro atoms. The van der Waals surface area contributed by atoms with Crippen molar-refractivity contribution in [2.45, 2.75) is 28.7 Å². The second kappa shape index (κ2) is 7.48. The molecule has 4 atom stereocenters. The third kappa shape index (κ3) is 3.77. The standard InChI is InChI=1S/C17H18N4O6S2/c18-12-5-6-21(17(24)20-12)16-15(23)14(22)10(27-16)8-19-29(25,26)13-7-9-3-1-2-4-11(9)28-13/h1-7,10,14-16,19,22-23H,8H2,(H2,18,20,24)/t10-,14-,15-,16-/m1/s1. The Morgan fingerprint density at radius 1 is 1.24 bits per heavy atom. The van der Waals surface area contributed by atoms with Gasteiger partial charge in [0.2, 0.25) is 10.0 Å². The minimum absolute atomic E-state index is 0.00642. The van der Waals surface area contributed by atoms with Crippen LogP contribution in [-0.4, -0.2) is 53.0 Å². The molecule has 0 aliphatic carbocycles. The zero-order valence-electron chi connectivity index (χ0n) is 14.9. The van der Waals surface area contributed by atoms with E-state index in [-0.39, 0.29) is 16.6 Å². The molecule has 4 rings (SSSR count). The van der Waals surface area contributed by atoms with Gasteiger partial charge in [0.15, 0.2) is 6.23 Å². The fraction of sp³-hybridized carbons (Fsp3) is 0.294. The molecule has 1 aliphatic heterocycles. The molecule has 12 heteroatoms. The third-order valence-electron chi connectivity index (χ3n) is 4.61. The average molecular weight is 438 g/mol. The van der Waals surface area contributed by atoms with E-state index in [1.165, 1.54) is 12.3 Å². The summed E-state index contributed by atoms with van der Waals surface area (Å²) in [7, 11) is -3.85. The van der Waals surface area contributed by atoms with Crippen LogP contribution in [0.4, 0.5) is 5.82 Å². The number of nitrogens with two attached hydrogens (primary N) is 1. The highest BCUT2D eigenvalue weighted by Crippen LogP contribution is 2.30. The Balaban J connectivity index is 1.50. The normalized spacial score (nSPS) is 24.9. The minimum Gasteiger partial charge on any atom is -0.387 e. The number of aromatic nitrogens is 2. The van der Waals surface area contributed by atoms with Gasteiger partial charge in [0, 0.05) is 17.4 Å². The lowest BCUT2D eigenvalue weighted by Crippen LogP contribution is -2.39. The van der Waals surface area contributed by atoms with Crippen LogP contribution in [0.1, 0.15) is 6.23 Å². The first kappa shape index (κ1) is 19.9. The molecule has 0 radical (unpaired) electrons. The van der Waals surface area contributed by atoms with Crippen molar-refractivity contribution in [3.63, 3.8) is 0 Å². The SMILES string of the molecule is Nc1ccn([C@@H]2O[C@H](CNS(=O)(=O)c3cc4ccccc4s3)[C@@H](O)[C@H]2O)c(=O)n1. The van der Waals surface area contributed by atoms with Crippen molar-refractivity contribution in [2.75, 3.05) is 12.3 Å². The van der Waals surface area contributed by atoms with Crippen LogP contribution in [0.5, 0.6) is 0 Å². The lowest BCUT2D eigenvalue weighted by atomic mass is 10.1. The molecule has 0 amide bonds. The Labute approximate surface area is 169 Å². The second-order valence-corrected chi connectivity index (χ2v) is 9.62. The molecule has 0 unspecified atom stereocenters. The predicted octanol–water partition coefficient (Wildman–Crippen LogP) is -0.362. The van der Waals surface area contributed by atoms with Crippen LogP contribution in [0.3, 0.4) is 0 Å². The number of anilines is 1. The van der Waals surface area contributed by atoms with E-state index in [0.29, 0.717) is 0 Å². The Kier molecular flexibility index (Phi) is 5.14. The Bertz CT molecular complexity index is 1170. The highest BCUT2D eigenvalue weighted by molar-refractivity contribution is 7.91. The van der Waals surface area contributed by atoms with Gasteiger partial charge < -0.3 is 20.7 Å². The molecule has 154 valence electrons. The van der Waals surface area contributed by atoms with Crippen LogP contribution in [0.2, 0.25) is 0 Å². The number of hydrogen-bond acceptors (Lipinski definition) is 9. The number of ether oxygens (including phenoxy) is 1. The third-order valence-corrected chi connectivity index (χ3v) is 7.62. The van der Waals surface area contributed by atoms with E-state index < -0.39 is 40.3 Å². The van der Waals surface area contributed by atoms with Crippen LogP contribution < -0.4 is 16.1 Å². The average Bonchev–Trinajstić information content (AvgIpc) is 3.24. The second-order valence-electron chi connectivity index (χ2n) is 6.54. The summed E-state index contributed by atoms with van der Waals surface area (Å²) in [6.07, 6.45) is -3.85. The Morgan fingerprint density at radius 2 is 2.00 bits per heavy atom. The summed E-state index contributed by atoms with van der Waals surface area (Å²) in [4.78, 5) is 15.5. The maximum absolute atomic E-state index is 12.6. The molecule has 2 aromatic heterocycles. The number of aliphatic hydroxyl groups is 2. The highest BCUT2D eigenvalue weighted by atomic mass is 32.2. The van der Waals surface area contributed by atoms with Gasteiger partial charge in [-0.3, -0.25) is 4.57 Å². The largest absolute Gasteiger partial charge is 0.387 e. The smallest absolute Gasteiger partial charge is 0.351 e. The molecule has 10 nitrogen and oxygen atoms in total. The van der Waals surface area contributed by atoms with Gasteiger partial charge in [0.05, 0.1) is 0 Å². The fourth-order valence-electron chi connectivity index (χ4n) is 3.10. The van der Waals surface area contributed by atoms with Crippen molar-refractivity contribution >= 4 is 37.3 Å². The van der Waals surface area contributed by atoms with E-state index in [1.54, 1.807) is 6.07 Å². The van der Waals surface area contributed by atoms with Crippen LogP contribution in [-0.2, 0) is 14.8 Å². The van der Waals surface area contributed by atoms with E-state index >= 15 is 0 Å². The molecular weight excluding hydrogens is 420 g/mol. The quantitative estimate of drug-likeness (QED) is 0.421. The predicted molar refractivity (Wildman–Crippen MR) is 106 cm³/mol. The van der Waals surface area contributed by atoms with Gasteiger partial charge in [-0.1, -0.05) is 18.2 Å². The monoisotopic (exact) mass is 438 g/mol. The molecule has 29 heavy (non-hydrogen) atoms. The molecule has 0 bridgehead atoms. The molecule has 3 heterocycles. The van der Waals surface area contributed by atoms with Crippen LogP contribution >= 0.6 is 11.3 Å². The highest BCUT2D eigenvalue weighted by Gasteiger charge is 2.44. The lowest BCUT2D eigenvalue weighted by Gasteiger charge is -2.17. The summed E-state index contributed by atoms with van der Waals surface area (Å²) in [5.41, 5.74) is 4.68. The summed E-state index contributed by atoms with van der Waals surface area (Å²) in [5.74, 6) is 0.00642. The number of nitrogen functional groups attached to an aromatic ring is 1. The molecule has 1 aromatic carbocycles. The van der Waals surface area contributed by atoms with E-state index in [2.05, 4.69) is 9.71 Å². The summed E-state index contributed by atoms with van der Waals surface area (Å²) >= 11 is 1.12. The molecular formula is C17H18N4O6S2. The van der Waals surface area contributed by atoms with Gasteiger partial charge in [0.1, 0.15) is 28.3 Å². The summed E-state index contributed by atoms with van der Waals surface area (Å²) in [6.45, 7) is -0.289. The Morgan fingerprint density at radius 3 is 2.72 bits per heavy atom. The first-order chi connectivity index (χ1) is 13.8. The first-order valence-electron chi connectivity index (χ1n) is 8.61. The van der Waals surface area contributed by atoms with Crippen molar-refractivity contribution in [3.05, 3.63) is 53.1 Å². The zero-order valence-corrected chi connectivity index (χ0v) is 16.5. The number of aliphatic hydroxyl groups excluding tert-OH is 2. The van der Waals surface area contributed by atoms with Gasteiger partial charge in [-0.25, -0.2) is 17.9 Å². The fourth-order valence-corrected chi connectivity index (χ4v) is 5.59. The van der Waals surface area contributed by atoms with Gasteiger partial charge >= 0.3 is 5.69 Å². The van der Waals surface area contributed by atoms with Crippen molar-refractivity contribution < 1.29 is 23.4 Å². The van der Waals surface area contributed by atoms with Gasteiger partial charge in [0.25, 0.3) is 0 Å². The van der Waals surface area contributed by atoms with E-state index in [1.807, 2.05) is 24.3 Å². The van der Waals surface area contributed by atoms with Gasteiger partial charge in [-0.05, 0) is 23.6 Å². The molecule has 0 saturated carbocycles. The van der Waals surface area contributed by atoms with Crippen molar-refractivity contribution in [3.8, 4) is 0 Å². The molecule has 1 saturated heterocycles. The molecule has 3 aromatic rings. The number of fused-ring (bicyclic) bond motifs is 1. The van der Waals surface area contributed by atoms with E-state index in [4.69, 9.17) is 10.5 Å². The number of rotatable bonds is 5. The number of sulfonamides is 1. The van der Waals surface area contributed by atoms with Crippen LogP contribution in [0.15, 0.2) is 51.6 Å². The van der Waals surface area contributed by atoms with E-state index in [9.17, 15) is 23.4 Å². The van der Waals surface area contributed by atoms with E-state index in [0.717, 1.165) is 26.0 Å². The number of nitrogens with zero attached hydrogens (tertiary/aromatic N) is 2. The summed E-state index contributed by atoms with van der Waals surface area (Å²) in [6, 6.07) is 10.2. The Hall–Kier alpha value is -2.35. The topological polar surface area (TPSA) is 157 Å². The van der Waals surface area contributed by atoms with Crippen molar-refractivity contribution in [1.29, 1.82) is 0 Å².